The number of carbonyl (C=O) groups excluding carboxylic acids is 1. The normalized spacial score (nSPS) is 16.5. The molecule has 1 aromatic rings. The number of hydrogen-bond donors (Lipinski definition) is 2. The van der Waals surface area contributed by atoms with Crippen molar-refractivity contribution in [2.24, 2.45) is 5.92 Å². The van der Waals surface area contributed by atoms with Gasteiger partial charge in [0.15, 0.2) is 0 Å². The lowest BCUT2D eigenvalue weighted by atomic mass is 9.95. The van der Waals surface area contributed by atoms with Gasteiger partial charge < -0.3 is 16.0 Å². The highest BCUT2D eigenvalue weighted by molar-refractivity contribution is 5.78. The lowest BCUT2D eigenvalue weighted by molar-refractivity contribution is -0.125. The monoisotopic (exact) mass is 277 g/mol. The minimum absolute atomic E-state index is 0.109. The molecule has 20 heavy (non-hydrogen) atoms. The molecule has 1 fully saturated rings. The predicted molar refractivity (Wildman–Crippen MR) is 79.5 cm³/mol. The highest BCUT2D eigenvalue weighted by Gasteiger charge is 2.27. The Hall–Kier alpha value is -1.85. The number of nitrogen functional groups attached to an aromatic ring is 1. The van der Waals surface area contributed by atoms with Crippen LogP contribution >= 0.6 is 0 Å². The fourth-order valence-corrected chi connectivity index (χ4v) is 2.76. The van der Waals surface area contributed by atoms with Crippen LogP contribution < -0.4 is 16.0 Å². The molecule has 6 heteroatoms. The molecule has 0 spiro atoms. The van der Waals surface area contributed by atoms with Gasteiger partial charge in [0.05, 0.1) is 0 Å². The molecular formula is C14H23N5O. The van der Waals surface area contributed by atoms with Crippen molar-refractivity contribution in [2.45, 2.75) is 32.6 Å². The van der Waals surface area contributed by atoms with Gasteiger partial charge in [0, 0.05) is 31.6 Å². The first-order valence-corrected chi connectivity index (χ1v) is 7.11. The number of rotatable bonds is 3. The van der Waals surface area contributed by atoms with Crippen molar-refractivity contribution in [1.29, 1.82) is 0 Å². The van der Waals surface area contributed by atoms with Crippen molar-refractivity contribution < 1.29 is 4.79 Å². The summed E-state index contributed by atoms with van der Waals surface area (Å²) in [5, 5.41) is 2.72. The first-order chi connectivity index (χ1) is 9.54. The molecule has 1 aliphatic heterocycles. The van der Waals surface area contributed by atoms with Crippen LogP contribution in [0, 0.1) is 5.92 Å². The Bertz CT molecular complexity index is 480. The van der Waals surface area contributed by atoms with Crippen LogP contribution in [-0.2, 0) is 4.79 Å². The molecule has 0 aromatic carbocycles. The molecule has 0 unspecified atom stereocenters. The van der Waals surface area contributed by atoms with E-state index in [0.29, 0.717) is 5.82 Å². The first-order valence-electron chi connectivity index (χ1n) is 7.11. The summed E-state index contributed by atoms with van der Waals surface area (Å²) < 4.78 is 0. The number of carbonyl (C=O) groups is 1. The molecular weight excluding hydrogens is 254 g/mol. The molecule has 1 aromatic heterocycles. The number of anilines is 2. The van der Waals surface area contributed by atoms with E-state index in [-0.39, 0.29) is 17.7 Å². The number of nitrogens with zero attached hydrogens (tertiary/aromatic N) is 3. The summed E-state index contributed by atoms with van der Waals surface area (Å²) in [6, 6.07) is 0. The molecule has 0 atom stereocenters. The third-order valence-electron chi connectivity index (χ3n) is 3.88. The maximum absolute atomic E-state index is 11.7. The molecule has 6 nitrogen and oxygen atoms in total. The van der Waals surface area contributed by atoms with Gasteiger partial charge in [-0.2, -0.15) is 0 Å². The van der Waals surface area contributed by atoms with E-state index in [1.807, 2.05) is 0 Å². The minimum atomic E-state index is 0.109. The molecule has 110 valence electrons. The zero-order valence-electron chi connectivity index (χ0n) is 12.4. The van der Waals surface area contributed by atoms with Crippen molar-refractivity contribution in [3.8, 4) is 0 Å². The van der Waals surface area contributed by atoms with E-state index in [4.69, 9.17) is 5.73 Å². The number of nitrogens with two attached hydrogens (primary N) is 1. The van der Waals surface area contributed by atoms with Gasteiger partial charge in [0.25, 0.3) is 0 Å². The maximum Gasteiger partial charge on any atom is 0.222 e. The molecule has 0 radical (unpaired) electrons. The predicted octanol–water partition coefficient (Wildman–Crippen LogP) is 1.14. The van der Waals surface area contributed by atoms with Gasteiger partial charge in [0.1, 0.15) is 18.0 Å². The van der Waals surface area contributed by atoms with Crippen molar-refractivity contribution in [2.75, 3.05) is 30.8 Å². The van der Waals surface area contributed by atoms with Crippen LogP contribution in [0.3, 0.4) is 0 Å². The number of hydrogen-bond acceptors (Lipinski definition) is 5. The topological polar surface area (TPSA) is 84.1 Å². The van der Waals surface area contributed by atoms with E-state index in [1.54, 1.807) is 7.05 Å². The van der Waals surface area contributed by atoms with Gasteiger partial charge in [0.2, 0.25) is 5.91 Å². The Morgan fingerprint density at radius 2 is 2.05 bits per heavy atom. The van der Waals surface area contributed by atoms with E-state index in [2.05, 4.69) is 34.0 Å². The fourth-order valence-electron chi connectivity index (χ4n) is 2.76. The quantitative estimate of drug-likeness (QED) is 0.865. The Kier molecular flexibility index (Phi) is 4.42. The second-order valence-electron chi connectivity index (χ2n) is 5.53. The van der Waals surface area contributed by atoms with Crippen LogP contribution in [0.2, 0.25) is 0 Å². The Labute approximate surface area is 119 Å². The molecule has 0 bridgehead atoms. The molecule has 1 amide bonds. The van der Waals surface area contributed by atoms with Gasteiger partial charge in [-0.1, -0.05) is 13.8 Å². The molecule has 0 saturated carbocycles. The average molecular weight is 277 g/mol. The van der Waals surface area contributed by atoms with Crippen LogP contribution in [0.15, 0.2) is 6.33 Å². The summed E-state index contributed by atoms with van der Waals surface area (Å²) in [5.41, 5.74) is 6.99. The van der Waals surface area contributed by atoms with Crippen LogP contribution in [0.4, 0.5) is 11.6 Å². The lowest BCUT2D eigenvalue weighted by Gasteiger charge is -2.33. The highest BCUT2D eigenvalue weighted by Crippen LogP contribution is 2.31. The average Bonchev–Trinajstić information content (AvgIpc) is 2.46. The maximum atomic E-state index is 11.7. The Balaban J connectivity index is 2.15. The summed E-state index contributed by atoms with van der Waals surface area (Å²) in [7, 11) is 1.69. The van der Waals surface area contributed by atoms with E-state index in [9.17, 15) is 4.79 Å². The highest BCUT2D eigenvalue weighted by atomic mass is 16.1. The van der Waals surface area contributed by atoms with Gasteiger partial charge in [-0.3, -0.25) is 4.79 Å². The number of amides is 1. The molecule has 1 saturated heterocycles. The van der Waals surface area contributed by atoms with Crippen LogP contribution in [0.25, 0.3) is 0 Å². The molecule has 2 rings (SSSR count). The van der Waals surface area contributed by atoms with Crippen molar-refractivity contribution >= 4 is 17.5 Å². The fraction of sp³-hybridized carbons (Fsp3) is 0.643. The Morgan fingerprint density at radius 1 is 1.40 bits per heavy atom. The van der Waals surface area contributed by atoms with Gasteiger partial charge in [-0.15, -0.1) is 0 Å². The largest absolute Gasteiger partial charge is 0.383 e. The molecule has 1 aliphatic rings. The summed E-state index contributed by atoms with van der Waals surface area (Å²) in [5.74, 6) is 2.00. The van der Waals surface area contributed by atoms with Crippen molar-refractivity contribution in [1.82, 2.24) is 15.3 Å². The van der Waals surface area contributed by atoms with Gasteiger partial charge in [-0.25, -0.2) is 9.97 Å². The van der Waals surface area contributed by atoms with Crippen LogP contribution in [-0.4, -0.2) is 36.0 Å². The van der Waals surface area contributed by atoms with E-state index >= 15 is 0 Å². The number of piperidine rings is 1. The summed E-state index contributed by atoms with van der Waals surface area (Å²) in [6.07, 6.45) is 3.21. The zero-order valence-corrected chi connectivity index (χ0v) is 12.4. The third-order valence-corrected chi connectivity index (χ3v) is 3.88. The van der Waals surface area contributed by atoms with Crippen LogP contribution in [0.5, 0.6) is 0 Å². The van der Waals surface area contributed by atoms with E-state index in [0.717, 1.165) is 37.3 Å². The molecule has 3 N–H and O–H groups in total. The molecule has 2 heterocycles. The Morgan fingerprint density at radius 3 is 2.60 bits per heavy atom. The van der Waals surface area contributed by atoms with Gasteiger partial charge in [-0.05, 0) is 18.8 Å². The lowest BCUT2D eigenvalue weighted by Crippen LogP contribution is -2.40. The summed E-state index contributed by atoms with van der Waals surface area (Å²) >= 11 is 0. The SMILES string of the molecule is CNC(=O)C1CCN(c2ncnc(N)c2C(C)C)CC1. The minimum Gasteiger partial charge on any atom is -0.383 e. The second kappa shape index (κ2) is 6.07. The zero-order chi connectivity index (χ0) is 14.7. The third kappa shape index (κ3) is 2.84. The molecule has 0 aliphatic carbocycles. The summed E-state index contributed by atoms with van der Waals surface area (Å²) in [4.78, 5) is 22.4. The number of aromatic nitrogens is 2. The van der Waals surface area contributed by atoms with Crippen molar-refractivity contribution in [3.05, 3.63) is 11.9 Å². The smallest absolute Gasteiger partial charge is 0.222 e. The van der Waals surface area contributed by atoms with E-state index < -0.39 is 0 Å². The van der Waals surface area contributed by atoms with Crippen LogP contribution in [0.1, 0.15) is 38.2 Å². The van der Waals surface area contributed by atoms with Crippen molar-refractivity contribution in [3.63, 3.8) is 0 Å². The first kappa shape index (κ1) is 14.6. The summed E-state index contributed by atoms with van der Waals surface area (Å²) in [6.45, 7) is 5.84. The van der Waals surface area contributed by atoms with Gasteiger partial charge >= 0.3 is 0 Å². The van der Waals surface area contributed by atoms with E-state index in [1.165, 1.54) is 6.33 Å². The second-order valence-corrected chi connectivity index (χ2v) is 5.53. The number of nitrogens with one attached hydrogen (secondary N) is 1. The standard InChI is InChI=1S/C14H23N5O/c1-9(2)11-12(15)17-8-18-13(11)19-6-4-10(5-7-19)14(20)16-3/h8-10H,4-7H2,1-3H3,(H,16,20)(H2,15,17,18).